The molecule has 0 atom stereocenters. The largest absolute Gasteiger partial charge is 0.319 e. The van der Waals surface area contributed by atoms with Crippen LogP contribution in [-0.2, 0) is 0 Å². The minimum atomic E-state index is -0.185. The smallest absolute Gasteiger partial charge is 0.266 e. The van der Waals surface area contributed by atoms with E-state index in [9.17, 15) is 4.79 Å². The number of rotatable bonds is 1. The van der Waals surface area contributed by atoms with Crippen LogP contribution in [-0.4, -0.2) is 9.97 Å². The van der Waals surface area contributed by atoms with Crippen molar-refractivity contribution in [1.29, 1.82) is 0 Å². The molecule has 17 heavy (non-hydrogen) atoms. The monoisotopic (exact) mass is 222 g/mol. The molecular weight excluding hydrogens is 212 g/mol. The summed E-state index contributed by atoms with van der Waals surface area (Å²) in [4.78, 5) is 18.0. The lowest BCUT2D eigenvalue weighted by atomic mass is 10.0. The molecule has 0 unspecified atom stereocenters. The molecule has 3 heteroatoms. The molecule has 0 spiro atoms. The Morgan fingerprint density at radius 2 is 1.76 bits per heavy atom. The van der Waals surface area contributed by atoms with Crippen molar-refractivity contribution < 1.29 is 0 Å². The second kappa shape index (κ2) is 3.87. The minimum absolute atomic E-state index is 0.185. The number of aromatic nitrogens is 2. The molecule has 1 heterocycles. The molecule has 0 radical (unpaired) electrons. The van der Waals surface area contributed by atoms with E-state index < -0.39 is 0 Å². The van der Waals surface area contributed by atoms with Gasteiger partial charge in [-0.2, -0.15) is 0 Å². The summed E-state index contributed by atoms with van der Waals surface area (Å²) in [7, 11) is 0. The fourth-order valence-electron chi connectivity index (χ4n) is 1.97. The highest BCUT2D eigenvalue weighted by Gasteiger charge is 2.03. The van der Waals surface area contributed by atoms with Crippen LogP contribution in [0.3, 0.4) is 0 Å². The Morgan fingerprint density at radius 1 is 0.941 bits per heavy atom. The standard InChI is InChI=1S/C14H10N2O/c17-14-9-15-8-13(16-14)12-7-3-5-10-4-1-2-6-11(10)12/h1-9H,(H,16,17). The van der Waals surface area contributed by atoms with Crippen LogP contribution in [0.25, 0.3) is 22.0 Å². The Morgan fingerprint density at radius 3 is 2.65 bits per heavy atom. The van der Waals surface area contributed by atoms with Gasteiger partial charge in [0.15, 0.2) is 0 Å². The molecule has 0 aliphatic heterocycles. The van der Waals surface area contributed by atoms with Crippen molar-refractivity contribution in [3.8, 4) is 11.3 Å². The Bertz CT molecular complexity index is 726. The molecule has 3 aromatic rings. The summed E-state index contributed by atoms with van der Waals surface area (Å²) in [5.74, 6) is 0. The highest BCUT2D eigenvalue weighted by molar-refractivity contribution is 5.95. The molecular formula is C14H10N2O. The van der Waals surface area contributed by atoms with Crippen molar-refractivity contribution >= 4 is 10.8 Å². The number of hydrogen-bond donors (Lipinski definition) is 1. The molecule has 0 saturated heterocycles. The fourth-order valence-corrected chi connectivity index (χ4v) is 1.97. The van der Waals surface area contributed by atoms with Crippen molar-refractivity contribution in [2.24, 2.45) is 0 Å². The summed E-state index contributed by atoms with van der Waals surface area (Å²) < 4.78 is 0. The Kier molecular flexibility index (Phi) is 2.22. The summed E-state index contributed by atoms with van der Waals surface area (Å²) >= 11 is 0. The Hall–Kier alpha value is -2.42. The third-order valence-electron chi connectivity index (χ3n) is 2.73. The van der Waals surface area contributed by atoms with Crippen LogP contribution in [0.15, 0.2) is 59.7 Å². The molecule has 2 aromatic carbocycles. The summed E-state index contributed by atoms with van der Waals surface area (Å²) in [6, 6.07) is 14.1. The van der Waals surface area contributed by atoms with E-state index in [1.54, 1.807) is 6.20 Å². The van der Waals surface area contributed by atoms with Crippen LogP contribution < -0.4 is 5.56 Å². The average molecular weight is 222 g/mol. The van der Waals surface area contributed by atoms with Gasteiger partial charge in [0.25, 0.3) is 5.56 Å². The molecule has 0 saturated carbocycles. The van der Waals surface area contributed by atoms with Gasteiger partial charge in [0.1, 0.15) is 0 Å². The van der Waals surface area contributed by atoms with Gasteiger partial charge >= 0.3 is 0 Å². The molecule has 0 amide bonds. The molecule has 0 aliphatic rings. The number of nitrogens with zero attached hydrogens (tertiary/aromatic N) is 1. The van der Waals surface area contributed by atoms with E-state index in [1.807, 2.05) is 42.5 Å². The van der Waals surface area contributed by atoms with E-state index in [0.29, 0.717) is 0 Å². The molecule has 3 nitrogen and oxygen atoms in total. The van der Waals surface area contributed by atoms with Crippen LogP contribution >= 0.6 is 0 Å². The zero-order valence-corrected chi connectivity index (χ0v) is 9.05. The van der Waals surface area contributed by atoms with Crippen molar-refractivity contribution in [1.82, 2.24) is 9.97 Å². The first-order valence-corrected chi connectivity index (χ1v) is 5.37. The number of hydrogen-bond acceptors (Lipinski definition) is 2. The van der Waals surface area contributed by atoms with E-state index in [2.05, 4.69) is 9.97 Å². The predicted molar refractivity (Wildman–Crippen MR) is 67.8 cm³/mol. The Labute approximate surface area is 97.8 Å². The summed E-state index contributed by atoms with van der Waals surface area (Å²) in [5.41, 5.74) is 1.55. The molecule has 1 aromatic heterocycles. The van der Waals surface area contributed by atoms with Gasteiger partial charge < -0.3 is 4.98 Å². The lowest BCUT2D eigenvalue weighted by Gasteiger charge is -2.05. The van der Waals surface area contributed by atoms with E-state index >= 15 is 0 Å². The van der Waals surface area contributed by atoms with Gasteiger partial charge in [0, 0.05) is 5.56 Å². The molecule has 82 valence electrons. The first-order valence-electron chi connectivity index (χ1n) is 5.37. The SMILES string of the molecule is O=c1cncc(-c2cccc3ccccc23)[nH]1. The van der Waals surface area contributed by atoms with Gasteiger partial charge in [-0.15, -0.1) is 0 Å². The zero-order valence-electron chi connectivity index (χ0n) is 9.05. The maximum absolute atomic E-state index is 11.3. The molecule has 0 aliphatic carbocycles. The number of nitrogens with one attached hydrogen (secondary N) is 1. The van der Waals surface area contributed by atoms with E-state index in [4.69, 9.17) is 0 Å². The molecule has 1 N–H and O–H groups in total. The minimum Gasteiger partial charge on any atom is -0.319 e. The fraction of sp³-hybridized carbons (Fsp3) is 0. The van der Waals surface area contributed by atoms with Crippen LogP contribution in [0.4, 0.5) is 0 Å². The van der Waals surface area contributed by atoms with E-state index in [-0.39, 0.29) is 5.56 Å². The second-order valence-corrected chi connectivity index (χ2v) is 3.84. The van der Waals surface area contributed by atoms with Crippen LogP contribution in [0.5, 0.6) is 0 Å². The predicted octanol–water partition coefficient (Wildman–Crippen LogP) is 2.59. The second-order valence-electron chi connectivity index (χ2n) is 3.84. The average Bonchev–Trinajstić information content (AvgIpc) is 2.38. The van der Waals surface area contributed by atoms with Gasteiger partial charge in [0.05, 0.1) is 18.1 Å². The summed E-state index contributed by atoms with van der Waals surface area (Å²) in [6.07, 6.45) is 2.94. The van der Waals surface area contributed by atoms with Gasteiger partial charge in [-0.25, -0.2) is 0 Å². The van der Waals surface area contributed by atoms with Gasteiger partial charge in [-0.3, -0.25) is 9.78 Å². The molecule has 0 fully saturated rings. The van der Waals surface area contributed by atoms with Crippen molar-refractivity contribution in [2.45, 2.75) is 0 Å². The topological polar surface area (TPSA) is 45.8 Å². The van der Waals surface area contributed by atoms with Gasteiger partial charge in [-0.05, 0) is 10.8 Å². The quantitative estimate of drug-likeness (QED) is 0.687. The van der Waals surface area contributed by atoms with Crippen LogP contribution in [0.1, 0.15) is 0 Å². The maximum Gasteiger partial charge on any atom is 0.266 e. The molecule has 3 rings (SSSR count). The summed E-state index contributed by atoms with van der Waals surface area (Å²) in [6.45, 7) is 0. The van der Waals surface area contributed by atoms with E-state index in [1.165, 1.54) is 6.20 Å². The lowest BCUT2D eigenvalue weighted by molar-refractivity contribution is 1.15. The molecule has 0 bridgehead atoms. The number of benzene rings is 2. The summed E-state index contributed by atoms with van der Waals surface area (Å²) in [5, 5.41) is 2.26. The van der Waals surface area contributed by atoms with Crippen molar-refractivity contribution in [2.75, 3.05) is 0 Å². The van der Waals surface area contributed by atoms with Crippen molar-refractivity contribution in [3.05, 3.63) is 65.2 Å². The van der Waals surface area contributed by atoms with Crippen LogP contribution in [0.2, 0.25) is 0 Å². The third kappa shape index (κ3) is 1.72. The number of H-pyrrole nitrogens is 1. The van der Waals surface area contributed by atoms with Crippen LogP contribution in [0, 0.1) is 0 Å². The zero-order chi connectivity index (χ0) is 11.7. The van der Waals surface area contributed by atoms with Gasteiger partial charge in [0.2, 0.25) is 0 Å². The number of aromatic amines is 1. The van der Waals surface area contributed by atoms with E-state index in [0.717, 1.165) is 22.0 Å². The highest BCUT2D eigenvalue weighted by atomic mass is 16.1. The highest BCUT2D eigenvalue weighted by Crippen LogP contribution is 2.25. The van der Waals surface area contributed by atoms with Gasteiger partial charge in [-0.1, -0.05) is 42.5 Å². The lowest BCUT2D eigenvalue weighted by Crippen LogP contribution is -2.05. The maximum atomic E-state index is 11.3. The third-order valence-corrected chi connectivity index (χ3v) is 2.73. The number of fused-ring (bicyclic) bond motifs is 1. The first-order chi connectivity index (χ1) is 8.34. The normalized spacial score (nSPS) is 10.6. The Balaban J connectivity index is 2.34. The first kappa shape index (κ1) is 9.78. The van der Waals surface area contributed by atoms with Crippen molar-refractivity contribution in [3.63, 3.8) is 0 Å².